The highest BCUT2D eigenvalue weighted by molar-refractivity contribution is 5.51. The van der Waals surface area contributed by atoms with Gasteiger partial charge in [-0.05, 0) is 58.0 Å². The zero-order valence-electron chi connectivity index (χ0n) is 27.5. The van der Waals surface area contributed by atoms with E-state index in [1.807, 2.05) is 12.1 Å². The number of epoxide rings is 3. The second-order valence-electron chi connectivity index (χ2n) is 13.3. The van der Waals surface area contributed by atoms with E-state index in [0.29, 0.717) is 45.3 Å². The summed E-state index contributed by atoms with van der Waals surface area (Å²) in [6, 6.07) is 28.1. The second-order valence-corrected chi connectivity index (χ2v) is 13.3. The van der Waals surface area contributed by atoms with Crippen LogP contribution < -0.4 is 24.3 Å². The Bertz CT molecular complexity index is 1720. The Labute approximate surface area is 282 Å². The third kappa shape index (κ3) is 8.31. The average Bonchev–Trinajstić information content (AvgIpc) is 3.91. The molecule has 8 heteroatoms. The first kappa shape index (κ1) is 31.2. The Balaban J connectivity index is 1.08. The Hall–Kier alpha value is -4.08. The van der Waals surface area contributed by atoms with Crippen molar-refractivity contribution in [3.8, 4) is 23.0 Å². The van der Waals surface area contributed by atoms with Gasteiger partial charge < -0.3 is 38.5 Å². The first-order valence-corrected chi connectivity index (χ1v) is 17.1. The molecule has 4 heterocycles. The molecule has 8 nitrogen and oxygen atoms in total. The molecule has 0 aromatic heterocycles. The number of rotatable bonds is 18. The SMILES string of the molecule is Cc1cccc(Cc2ccc(OCC3CO3)c(Cc3cccc(Cc4ccccc4OCC4CO4)c3OCC3CN3)c2)c1OCC1CO1. The Morgan fingerprint density at radius 1 is 0.562 bits per heavy atom. The van der Waals surface area contributed by atoms with Crippen molar-refractivity contribution in [3.05, 3.63) is 118 Å². The molecule has 250 valence electrons. The van der Waals surface area contributed by atoms with Crippen LogP contribution in [0, 0.1) is 6.92 Å². The quantitative estimate of drug-likeness (QED) is 0.142. The van der Waals surface area contributed by atoms with Crippen molar-refractivity contribution in [2.45, 2.75) is 50.5 Å². The fraction of sp³-hybridized carbons (Fsp3) is 0.400. The van der Waals surface area contributed by atoms with Crippen molar-refractivity contribution in [2.24, 2.45) is 0 Å². The maximum atomic E-state index is 6.63. The summed E-state index contributed by atoms with van der Waals surface area (Å²) in [4.78, 5) is 0. The molecule has 4 saturated heterocycles. The largest absolute Gasteiger partial charge is 0.491 e. The van der Waals surface area contributed by atoms with Crippen molar-refractivity contribution in [3.63, 3.8) is 0 Å². The third-order valence-corrected chi connectivity index (χ3v) is 9.12. The number of ether oxygens (including phenoxy) is 7. The van der Waals surface area contributed by atoms with E-state index in [0.717, 1.165) is 83.6 Å². The van der Waals surface area contributed by atoms with E-state index in [9.17, 15) is 0 Å². The molecule has 0 bridgehead atoms. The van der Waals surface area contributed by atoms with Crippen molar-refractivity contribution >= 4 is 0 Å². The van der Waals surface area contributed by atoms with Gasteiger partial charge in [0.25, 0.3) is 0 Å². The minimum Gasteiger partial charge on any atom is -0.491 e. The van der Waals surface area contributed by atoms with Gasteiger partial charge >= 0.3 is 0 Å². The van der Waals surface area contributed by atoms with E-state index >= 15 is 0 Å². The number of benzene rings is 4. The van der Waals surface area contributed by atoms with Crippen molar-refractivity contribution in [2.75, 3.05) is 52.8 Å². The second kappa shape index (κ2) is 14.2. The van der Waals surface area contributed by atoms with E-state index in [-0.39, 0.29) is 18.3 Å². The van der Waals surface area contributed by atoms with Gasteiger partial charge in [0.1, 0.15) is 67.7 Å². The molecule has 0 spiro atoms. The first-order valence-electron chi connectivity index (χ1n) is 17.1. The van der Waals surface area contributed by atoms with Gasteiger partial charge in [0, 0.05) is 25.8 Å². The normalized spacial score (nSPS) is 21.8. The lowest BCUT2D eigenvalue weighted by molar-refractivity contribution is 0.260. The van der Waals surface area contributed by atoms with Gasteiger partial charge in [0.2, 0.25) is 0 Å². The Kier molecular flexibility index (Phi) is 9.22. The van der Waals surface area contributed by atoms with Crippen molar-refractivity contribution < 1.29 is 33.2 Å². The zero-order chi connectivity index (χ0) is 32.3. The molecule has 4 fully saturated rings. The van der Waals surface area contributed by atoms with Crippen molar-refractivity contribution in [1.29, 1.82) is 0 Å². The summed E-state index contributed by atoms with van der Waals surface area (Å²) in [6.45, 7) is 7.72. The minimum absolute atomic E-state index is 0.169. The van der Waals surface area contributed by atoms with E-state index in [2.05, 4.69) is 79.0 Å². The van der Waals surface area contributed by atoms with Gasteiger partial charge in [0.15, 0.2) is 0 Å². The maximum absolute atomic E-state index is 6.63. The lowest BCUT2D eigenvalue weighted by Gasteiger charge is -2.19. The molecule has 4 unspecified atom stereocenters. The number of para-hydroxylation sites is 3. The molecule has 4 aliphatic heterocycles. The first-order chi connectivity index (χ1) is 23.6. The van der Waals surface area contributed by atoms with Gasteiger partial charge in [-0.2, -0.15) is 0 Å². The number of nitrogens with one attached hydrogen (secondary N) is 1. The number of hydrogen-bond acceptors (Lipinski definition) is 8. The maximum Gasteiger partial charge on any atom is 0.126 e. The topological polar surface area (TPSA) is 96.5 Å². The zero-order valence-corrected chi connectivity index (χ0v) is 27.5. The van der Waals surface area contributed by atoms with Crippen LogP contribution in [0.2, 0.25) is 0 Å². The van der Waals surface area contributed by atoms with Crippen LogP contribution in [-0.2, 0) is 33.5 Å². The van der Waals surface area contributed by atoms with Crippen LogP contribution in [0.3, 0.4) is 0 Å². The summed E-state index contributed by atoms with van der Waals surface area (Å²) in [5, 5.41) is 3.38. The van der Waals surface area contributed by atoms with Crippen LogP contribution in [-0.4, -0.2) is 77.1 Å². The highest BCUT2D eigenvalue weighted by atomic mass is 16.6. The Morgan fingerprint density at radius 2 is 1.10 bits per heavy atom. The molecule has 8 rings (SSSR count). The third-order valence-electron chi connectivity index (χ3n) is 9.12. The van der Waals surface area contributed by atoms with Crippen LogP contribution in [0.25, 0.3) is 0 Å². The summed E-state index contributed by atoms with van der Waals surface area (Å²) in [6.07, 6.45) is 2.70. The molecule has 1 N–H and O–H groups in total. The predicted octanol–water partition coefficient (Wildman–Crippen LogP) is 5.45. The van der Waals surface area contributed by atoms with Gasteiger partial charge in [-0.3, -0.25) is 0 Å². The molecule has 4 atom stereocenters. The summed E-state index contributed by atoms with van der Waals surface area (Å²) in [5.41, 5.74) is 8.02. The fourth-order valence-corrected chi connectivity index (χ4v) is 6.02. The number of aryl methyl sites for hydroxylation is 1. The van der Waals surface area contributed by atoms with Gasteiger partial charge in [-0.1, -0.05) is 66.7 Å². The van der Waals surface area contributed by atoms with Crippen molar-refractivity contribution in [1.82, 2.24) is 5.32 Å². The Morgan fingerprint density at radius 3 is 1.77 bits per heavy atom. The molecule has 4 aromatic rings. The summed E-state index contributed by atoms with van der Waals surface area (Å²) in [5.74, 6) is 3.65. The van der Waals surface area contributed by atoms with Gasteiger partial charge in [-0.15, -0.1) is 0 Å². The van der Waals surface area contributed by atoms with Crippen LogP contribution in [0.5, 0.6) is 23.0 Å². The molecule has 0 radical (unpaired) electrons. The van der Waals surface area contributed by atoms with Crippen LogP contribution in [0.15, 0.2) is 78.9 Å². The minimum atomic E-state index is 0.169. The molecular formula is C40H43NO7. The van der Waals surface area contributed by atoms with Gasteiger partial charge in [0.05, 0.1) is 25.9 Å². The van der Waals surface area contributed by atoms with E-state index in [1.165, 1.54) is 11.1 Å². The highest BCUT2D eigenvalue weighted by Crippen LogP contribution is 2.35. The summed E-state index contributed by atoms with van der Waals surface area (Å²) in [7, 11) is 0. The van der Waals surface area contributed by atoms with E-state index in [1.54, 1.807) is 0 Å². The molecular weight excluding hydrogens is 606 g/mol. The standard InChI is InChI=1S/C40H43NO7/c1-26-6-4-8-29(39(26)48-25-36-22-44-36)14-27-12-13-38(46-24-35-21-43-35)32(15-27)17-31-10-5-9-30(40(31)47-19-33-18-41-33)16-28-7-2-3-11-37(28)45-23-34-20-42-34/h2-13,15,33-36,41H,14,16-25H2,1H3. The molecule has 4 aromatic carbocycles. The van der Waals surface area contributed by atoms with Crippen LogP contribution >= 0.6 is 0 Å². The molecule has 0 saturated carbocycles. The molecule has 4 aliphatic rings. The highest BCUT2D eigenvalue weighted by Gasteiger charge is 2.27. The molecule has 0 amide bonds. The molecule has 0 aliphatic carbocycles. The predicted molar refractivity (Wildman–Crippen MR) is 182 cm³/mol. The van der Waals surface area contributed by atoms with Crippen LogP contribution in [0.1, 0.15) is 38.9 Å². The fourth-order valence-electron chi connectivity index (χ4n) is 6.02. The lowest BCUT2D eigenvalue weighted by Crippen LogP contribution is -2.12. The number of hydrogen-bond donors (Lipinski definition) is 1. The van der Waals surface area contributed by atoms with E-state index in [4.69, 9.17) is 33.2 Å². The molecule has 48 heavy (non-hydrogen) atoms. The smallest absolute Gasteiger partial charge is 0.126 e. The van der Waals surface area contributed by atoms with Gasteiger partial charge in [-0.25, -0.2) is 0 Å². The lowest BCUT2D eigenvalue weighted by atomic mass is 9.94. The van der Waals surface area contributed by atoms with Crippen LogP contribution in [0.4, 0.5) is 0 Å². The monoisotopic (exact) mass is 649 g/mol. The summed E-state index contributed by atoms with van der Waals surface area (Å²) < 4.78 is 41.6. The van der Waals surface area contributed by atoms with E-state index < -0.39 is 0 Å². The summed E-state index contributed by atoms with van der Waals surface area (Å²) >= 11 is 0. The average molecular weight is 650 g/mol.